The number of aldehydes is 1. The number of nitrogens with zero attached hydrogens (tertiary/aromatic N) is 1. The van der Waals surface area contributed by atoms with Crippen LogP contribution < -0.4 is 4.90 Å². The lowest BCUT2D eigenvalue weighted by Gasteiger charge is -2.28. The Bertz CT molecular complexity index is 630. The third-order valence-electron chi connectivity index (χ3n) is 3.43. The lowest BCUT2D eigenvalue weighted by molar-refractivity contribution is 0.112. The Balaban J connectivity index is 2.39. The summed E-state index contributed by atoms with van der Waals surface area (Å²) in [6.07, 6.45) is 0.810. The van der Waals surface area contributed by atoms with Crippen molar-refractivity contribution in [1.82, 2.24) is 0 Å². The van der Waals surface area contributed by atoms with Crippen LogP contribution in [0, 0.1) is 5.82 Å². The predicted octanol–water partition coefficient (Wildman–Crippen LogP) is 4.60. The Morgan fingerprint density at radius 3 is 2.60 bits per heavy atom. The van der Waals surface area contributed by atoms with Crippen LogP contribution in [-0.2, 0) is 0 Å². The van der Waals surface area contributed by atoms with Gasteiger partial charge in [-0.1, -0.05) is 34.1 Å². The Morgan fingerprint density at radius 1 is 1.25 bits per heavy atom. The summed E-state index contributed by atoms with van der Waals surface area (Å²) in [6, 6.07) is 12.0. The van der Waals surface area contributed by atoms with E-state index in [0.29, 0.717) is 11.1 Å². The predicted molar refractivity (Wildman–Crippen MR) is 82.7 cm³/mol. The van der Waals surface area contributed by atoms with Crippen LogP contribution >= 0.6 is 15.9 Å². The number of hydrogen-bond donors (Lipinski definition) is 0. The Labute approximate surface area is 126 Å². The molecule has 1 atom stereocenters. The van der Waals surface area contributed by atoms with E-state index in [4.69, 9.17) is 0 Å². The third kappa shape index (κ3) is 2.90. The van der Waals surface area contributed by atoms with Crippen molar-refractivity contribution in [1.29, 1.82) is 0 Å². The molecule has 0 saturated heterocycles. The zero-order chi connectivity index (χ0) is 14.7. The fourth-order valence-electron chi connectivity index (χ4n) is 2.17. The summed E-state index contributed by atoms with van der Waals surface area (Å²) in [4.78, 5) is 13.1. The van der Waals surface area contributed by atoms with Gasteiger partial charge in [0.25, 0.3) is 0 Å². The molecule has 0 bridgehead atoms. The first kappa shape index (κ1) is 14.7. The quantitative estimate of drug-likeness (QED) is 0.761. The number of carbonyl (C=O) groups excluding carboxylic acids is 1. The largest absolute Gasteiger partial charge is 0.367 e. The van der Waals surface area contributed by atoms with Gasteiger partial charge in [-0.25, -0.2) is 4.39 Å². The van der Waals surface area contributed by atoms with Crippen LogP contribution in [0.4, 0.5) is 10.1 Å². The molecule has 2 aromatic rings. The second kappa shape index (κ2) is 6.18. The van der Waals surface area contributed by atoms with Gasteiger partial charge in [-0.2, -0.15) is 0 Å². The zero-order valence-corrected chi connectivity index (χ0v) is 12.9. The Morgan fingerprint density at radius 2 is 1.95 bits per heavy atom. The molecule has 0 spiro atoms. The minimum absolute atomic E-state index is 0.170. The van der Waals surface area contributed by atoms with Crippen molar-refractivity contribution in [2.24, 2.45) is 0 Å². The molecule has 0 aliphatic carbocycles. The number of benzene rings is 2. The van der Waals surface area contributed by atoms with Crippen molar-refractivity contribution in [2.45, 2.75) is 13.0 Å². The van der Waals surface area contributed by atoms with E-state index in [9.17, 15) is 9.18 Å². The smallest absolute Gasteiger partial charge is 0.152 e. The second-order valence-electron chi connectivity index (χ2n) is 4.63. The average Bonchev–Trinajstić information content (AvgIpc) is 2.46. The van der Waals surface area contributed by atoms with Gasteiger partial charge >= 0.3 is 0 Å². The summed E-state index contributed by atoms with van der Waals surface area (Å²) in [5, 5.41) is 0. The van der Waals surface area contributed by atoms with Crippen LogP contribution in [0.5, 0.6) is 0 Å². The van der Waals surface area contributed by atoms with E-state index in [1.165, 1.54) is 6.07 Å². The maximum atomic E-state index is 13.9. The van der Waals surface area contributed by atoms with Crippen LogP contribution in [0.2, 0.25) is 0 Å². The SMILES string of the molecule is CC(c1ccccc1F)N(C)c1ccc(Br)cc1C=O. The third-order valence-corrected chi connectivity index (χ3v) is 3.93. The molecule has 0 radical (unpaired) electrons. The van der Waals surface area contributed by atoms with Crippen LogP contribution in [0.15, 0.2) is 46.9 Å². The highest BCUT2D eigenvalue weighted by molar-refractivity contribution is 9.10. The maximum absolute atomic E-state index is 13.9. The van der Waals surface area contributed by atoms with Gasteiger partial charge in [-0.15, -0.1) is 0 Å². The van der Waals surface area contributed by atoms with Gasteiger partial charge in [0.2, 0.25) is 0 Å². The average molecular weight is 336 g/mol. The van der Waals surface area contributed by atoms with Gasteiger partial charge in [-0.3, -0.25) is 4.79 Å². The van der Waals surface area contributed by atoms with Gasteiger partial charge in [0.1, 0.15) is 5.82 Å². The standard InChI is InChI=1S/C16H15BrFNO/c1-11(14-5-3-4-6-15(14)18)19(2)16-8-7-13(17)9-12(16)10-20/h3-11H,1-2H3. The first-order valence-corrected chi connectivity index (χ1v) is 7.06. The van der Waals surface area contributed by atoms with E-state index in [1.807, 2.05) is 37.1 Å². The summed E-state index contributed by atoms with van der Waals surface area (Å²) in [5.74, 6) is -0.239. The first-order chi connectivity index (χ1) is 9.54. The van der Waals surface area contributed by atoms with Gasteiger partial charge in [0.15, 0.2) is 6.29 Å². The molecule has 2 nitrogen and oxygen atoms in total. The van der Waals surface area contributed by atoms with E-state index >= 15 is 0 Å². The van der Waals surface area contributed by atoms with Crippen molar-refractivity contribution in [3.05, 3.63) is 63.9 Å². The minimum Gasteiger partial charge on any atom is -0.367 e. The number of carbonyl (C=O) groups is 1. The van der Waals surface area contributed by atoms with E-state index < -0.39 is 0 Å². The highest BCUT2D eigenvalue weighted by Crippen LogP contribution is 2.30. The maximum Gasteiger partial charge on any atom is 0.152 e. The molecular weight excluding hydrogens is 321 g/mol. The number of hydrogen-bond acceptors (Lipinski definition) is 2. The Kier molecular flexibility index (Phi) is 4.55. The molecule has 0 heterocycles. The monoisotopic (exact) mass is 335 g/mol. The molecule has 0 aromatic heterocycles. The van der Waals surface area contributed by atoms with Crippen molar-refractivity contribution < 1.29 is 9.18 Å². The number of rotatable bonds is 4. The van der Waals surface area contributed by atoms with Crippen LogP contribution in [-0.4, -0.2) is 13.3 Å². The fraction of sp³-hybridized carbons (Fsp3) is 0.188. The van der Waals surface area contributed by atoms with Crippen LogP contribution in [0.1, 0.15) is 28.9 Å². The second-order valence-corrected chi connectivity index (χ2v) is 5.55. The van der Waals surface area contributed by atoms with E-state index in [2.05, 4.69) is 15.9 Å². The molecule has 0 saturated carbocycles. The van der Waals surface area contributed by atoms with E-state index in [1.54, 1.807) is 18.2 Å². The molecule has 2 rings (SSSR count). The van der Waals surface area contributed by atoms with Crippen molar-refractivity contribution in [3.8, 4) is 0 Å². The fourth-order valence-corrected chi connectivity index (χ4v) is 2.55. The molecule has 0 amide bonds. The van der Waals surface area contributed by atoms with Crippen molar-refractivity contribution in [2.75, 3.05) is 11.9 Å². The van der Waals surface area contributed by atoms with Crippen LogP contribution in [0.3, 0.4) is 0 Å². The van der Waals surface area contributed by atoms with Gasteiger partial charge in [0.05, 0.1) is 6.04 Å². The zero-order valence-electron chi connectivity index (χ0n) is 11.3. The van der Waals surface area contributed by atoms with Gasteiger partial charge in [0, 0.05) is 28.3 Å². The molecular formula is C16H15BrFNO. The molecule has 1 unspecified atom stereocenters. The molecule has 2 aromatic carbocycles. The van der Waals surface area contributed by atoms with Gasteiger partial charge in [-0.05, 0) is 31.2 Å². The summed E-state index contributed by atoms with van der Waals surface area (Å²) in [5.41, 5.74) is 1.96. The lowest BCUT2D eigenvalue weighted by Crippen LogP contribution is -2.23. The van der Waals surface area contributed by atoms with E-state index in [-0.39, 0.29) is 11.9 Å². The highest BCUT2D eigenvalue weighted by atomic mass is 79.9. The molecule has 0 aliphatic heterocycles. The molecule has 20 heavy (non-hydrogen) atoms. The molecule has 0 aliphatic rings. The molecule has 0 N–H and O–H groups in total. The molecule has 0 fully saturated rings. The summed E-state index contributed by atoms with van der Waals surface area (Å²) in [6.45, 7) is 1.91. The highest BCUT2D eigenvalue weighted by Gasteiger charge is 2.18. The summed E-state index contributed by atoms with van der Waals surface area (Å²) >= 11 is 3.34. The Hall–Kier alpha value is -1.68. The molecule has 4 heteroatoms. The molecule has 104 valence electrons. The summed E-state index contributed by atoms with van der Waals surface area (Å²) < 4.78 is 14.7. The minimum atomic E-state index is -0.239. The van der Waals surface area contributed by atoms with Gasteiger partial charge < -0.3 is 4.90 Å². The first-order valence-electron chi connectivity index (χ1n) is 6.26. The topological polar surface area (TPSA) is 20.3 Å². The lowest BCUT2D eigenvalue weighted by atomic mass is 10.0. The normalized spacial score (nSPS) is 12.0. The number of anilines is 1. The van der Waals surface area contributed by atoms with Crippen molar-refractivity contribution >= 4 is 27.9 Å². The number of halogens is 2. The van der Waals surface area contributed by atoms with E-state index in [0.717, 1.165) is 16.4 Å². The van der Waals surface area contributed by atoms with Crippen molar-refractivity contribution in [3.63, 3.8) is 0 Å². The van der Waals surface area contributed by atoms with Crippen LogP contribution in [0.25, 0.3) is 0 Å². The summed E-state index contributed by atoms with van der Waals surface area (Å²) in [7, 11) is 1.85.